The highest BCUT2D eigenvalue weighted by molar-refractivity contribution is 5.92. The molecule has 0 radical (unpaired) electrons. The van der Waals surface area contributed by atoms with Crippen LogP contribution in [0.15, 0.2) is 46.9 Å². The molecule has 8 nitrogen and oxygen atoms in total. The highest BCUT2D eigenvalue weighted by Gasteiger charge is 2.15. The lowest BCUT2D eigenvalue weighted by Crippen LogP contribution is -2.13. The summed E-state index contributed by atoms with van der Waals surface area (Å²) in [6.45, 7) is 0. The van der Waals surface area contributed by atoms with Crippen molar-refractivity contribution < 1.29 is 23.4 Å². The molecule has 0 aliphatic heterocycles. The van der Waals surface area contributed by atoms with Crippen molar-refractivity contribution in [3.8, 4) is 28.7 Å². The van der Waals surface area contributed by atoms with Crippen molar-refractivity contribution in [3.05, 3.63) is 48.4 Å². The molecular formula is C20H21N3O5. The smallest absolute Gasteiger partial charge is 0.251 e. The van der Waals surface area contributed by atoms with Crippen LogP contribution in [0.2, 0.25) is 0 Å². The van der Waals surface area contributed by atoms with Crippen molar-refractivity contribution >= 4 is 11.6 Å². The molecule has 146 valence electrons. The fourth-order valence-corrected chi connectivity index (χ4v) is 2.62. The van der Waals surface area contributed by atoms with E-state index in [9.17, 15) is 4.79 Å². The third-order valence-corrected chi connectivity index (χ3v) is 4.05. The minimum absolute atomic E-state index is 0.183. The maximum absolute atomic E-state index is 12.3. The Morgan fingerprint density at radius 3 is 2.54 bits per heavy atom. The van der Waals surface area contributed by atoms with Crippen LogP contribution in [0.4, 0.5) is 5.69 Å². The summed E-state index contributed by atoms with van der Waals surface area (Å²) in [5.74, 6) is 2.33. The highest BCUT2D eigenvalue weighted by atomic mass is 16.5. The van der Waals surface area contributed by atoms with E-state index in [0.29, 0.717) is 46.7 Å². The minimum atomic E-state index is -0.194. The molecular weight excluding hydrogens is 362 g/mol. The first-order valence-corrected chi connectivity index (χ1v) is 8.62. The Morgan fingerprint density at radius 2 is 1.79 bits per heavy atom. The number of nitrogens with zero attached hydrogens (tertiary/aromatic N) is 2. The lowest BCUT2D eigenvalue weighted by Gasteiger charge is -2.11. The zero-order chi connectivity index (χ0) is 19.9. The largest absolute Gasteiger partial charge is 0.497 e. The number of nitrogens with one attached hydrogen (secondary N) is 1. The van der Waals surface area contributed by atoms with Gasteiger partial charge < -0.3 is 23.9 Å². The van der Waals surface area contributed by atoms with Gasteiger partial charge in [-0.15, -0.1) is 10.2 Å². The first kappa shape index (κ1) is 19.2. The molecule has 3 aromatic rings. The van der Waals surface area contributed by atoms with Gasteiger partial charge in [0.2, 0.25) is 11.8 Å². The van der Waals surface area contributed by atoms with E-state index in [-0.39, 0.29) is 12.3 Å². The van der Waals surface area contributed by atoms with E-state index in [2.05, 4.69) is 15.5 Å². The Balaban J connectivity index is 1.62. The maximum atomic E-state index is 12.3. The number of ether oxygens (including phenoxy) is 3. The number of rotatable bonds is 8. The first-order chi connectivity index (χ1) is 13.6. The predicted molar refractivity (Wildman–Crippen MR) is 103 cm³/mol. The zero-order valence-electron chi connectivity index (χ0n) is 15.9. The molecule has 1 aromatic heterocycles. The summed E-state index contributed by atoms with van der Waals surface area (Å²) in [6, 6.07) is 12.5. The third kappa shape index (κ3) is 4.40. The molecule has 0 spiro atoms. The Hall–Kier alpha value is -3.55. The third-order valence-electron chi connectivity index (χ3n) is 4.05. The summed E-state index contributed by atoms with van der Waals surface area (Å²) in [5, 5.41) is 10.9. The lowest BCUT2D eigenvalue weighted by atomic mass is 10.2. The predicted octanol–water partition coefficient (Wildman–Crippen LogP) is 3.33. The van der Waals surface area contributed by atoms with Crippen LogP contribution in [0.3, 0.4) is 0 Å². The van der Waals surface area contributed by atoms with Crippen LogP contribution in [0, 0.1) is 0 Å². The molecule has 0 saturated carbocycles. The number of aryl methyl sites for hydroxylation is 1. The van der Waals surface area contributed by atoms with Crippen molar-refractivity contribution in [1.29, 1.82) is 0 Å². The zero-order valence-corrected chi connectivity index (χ0v) is 15.9. The maximum Gasteiger partial charge on any atom is 0.251 e. The molecule has 3 rings (SSSR count). The van der Waals surface area contributed by atoms with E-state index in [1.807, 2.05) is 24.3 Å². The van der Waals surface area contributed by atoms with Gasteiger partial charge in [0.1, 0.15) is 17.2 Å². The van der Waals surface area contributed by atoms with E-state index < -0.39 is 0 Å². The fraction of sp³-hybridized carbons (Fsp3) is 0.250. The van der Waals surface area contributed by atoms with Gasteiger partial charge in [0.25, 0.3) is 5.89 Å². The molecule has 0 saturated heterocycles. The van der Waals surface area contributed by atoms with Gasteiger partial charge in [-0.1, -0.05) is 12.1 Å². The lowest BCUT2D eigenvalue weighted by molar-refractivity contribution is -0.116. The molecule has 0 fully saturated rings. The number of carbonyl (C=O) groups is 1. The number of hydrogen-bond donors (Lipinski definition) is 1. The Morgan fingerprint density at radius 1 is 1.00 bits per heavy atom. The van der Waals surface area contributed by atoms with Gasteiger partial charge in [0, 0.05) is 18.9 Å². The molecule has 0 aliphatic carbocycles. The van der Waals surface area contributed by atoms with E-state index in [4.69, 9.17) is 18.6 Å². The SMILES string of the molecule is COc1ccc(NC(=O)CCc2nnc(-c3ccccc3OC)o2)c(OC)c1. The molecule has 0 unspecified atom stereocenters. The van der Waals surface area contributed by atoms with Gasteiger partial charge in [0.15, 0.2) is 0 Å². The monoisotopic (exact) mass is 383 g/mol. The number of carbonyl (C=O) groups excluding carboxylic acids is 1. The van der Waals surface area contributed by atoms with E-state index in [0.717, 1.165) is 0 Å². The van der Waals surface area contributed by atoms with E-state index >= 15 is 0 Å². The van der Waals surface area contributed by atoms with Gasteiger partial charge in [-0.05, 0) is 24.3 Å². The number of hydrogen-bond acceptors (Lipinski definition) is 7. The average Bonchev–Trinajstić information content (AvgIpc) is 3.21. The van der Waals surface area contributed by atoms with Gasteiger partial charge >= 0.3 is 0 Å². The van der Waals surface area contributed by atoms with Crippen LogP contribution in [0.5, 0.6) is 17.2 Å². The second-order valence-corrected chi connectivity index (χ2v) is 5.82. The Kier molecular flexibility index (Phi) is 6.11. The molecule has 1 N–H and O–H groups in total. The highest BCUT2D eigenvalue weighted by Crippen LogP contribution is 2.30. The summed E-state index contributed by atoms with van der Waals surface area (Å²) in [7, 11) is 4.67. The number of para-hydroxylation sites is 1. The first-order valence-electron chi connectivity index (χ1n) is 8.62. The van der Waals surface area contributed by atoms with Gasteiger partial charge in [-0.2, -0.15) is 0 Å². The molecule has 2 aromatic carbocycles. The Labute approximate surface area is 162 Å². The molecule has 0 aliphatic rings. The Bertz CT molecular complexity index is 955. The van der Waals surface area contributed by atoms with Crippen LogP contribution in [-0.2, 0) is 11.2 Å². The summed E-state index contributed by atoms with van der Waals surface area (Å²) in [5.41, 5.74) is 1.27. The van der Waals surface area contributed by atoms with E-state index in [1.165, 1.54) is 7.11 Å². The summed E-state index contributed by atoms with van der Waals surface area (Å²) in [4.78, 5) is 12.3. The van der Waals surface area contributed by atoms with Crippen molar-refractivity contribution in [3.63, 3.8) is 0 Å². The van der Waals surface area contributed by atoms with Crippen LogP contribution in [-0.4, -0.2) is 37.4 Å². The number of anilines is 1. The fourth-order valence-electron chi connectivity index (χ4n) is 2.62. The molecule has 28 heavy (non-hydrogen) atoms. The van der Waals surface area contributed by atoms with Crippen LogP contribution < -0.4 is 19.5 Å². The number of methoxy groups -OCH3 is 3. The van der Waals surface area contributed by atoms with Crippen molar-refractivity contribution in [2.75, 3.05) is 26.6 Å². The standard InChI is InChI=1S/C20H21N3O5/c1-25-13-8-9-15(17(12-13)27-3)21-18(24)10-11-19-22-23-20(28-19)14-6-4-5-7-16(14)26-2/h4-9,12H,10-11H2,1-3H3,(H,21,24). The minimum Gasteiger partial charge on any atom is -0.497 e. The molecule has 8 heteroatoms. The molecule has 1 heterocycles. The van der Waals surface area contributed by atoms with Gasteiger partial charge in [-0.25, -0.2) is 0 Å². The van der Waals surface area contributed by atoms with Gasteiger partial charge in [-0.3, -0.25) is 4.79 Å². The normalized spacial score (nSPS) is 10.4. The summed E-state index contributed by atoms with van der Waals surface area (Å²) < 4.78 is 21.4. The summed E-state index contributed by atoms with van der Waals surface area (Å²) >= 11 is 0. The molecule has 0 atom stereocenters. The summed E-state index contributed by atoms with van der Waals surface area (Å²) in [6.07, 6.45) is 0.495. The molecule has 1 amide bonds. The van der Waals surface area contributed by atoms with Crippen LogP contribution >= 0.6 is 0 Å². The van der Waals surface area contributed by atoms with Crippen LogP contribution in [0.25, 0.3) is 11.5 Å². The van der Waals surface area contributed by atoms with Crippen molar-refractivity contribution in [1.82, 2.24) is 10.2 Å². The van der Waals surface area contributed by atoms with Crippen molar-refractivity contribution in [2.24, 2.45) is 0 Å². The van der Waals surface area contributed by atoms with Gasteiger partial charge in [0.05, 0.1) is 32.6 Å². The quantitative estimate of drug-likeness (QED) is 0.637. The second-order valence-electron chi connectivity index (χ2n) is 5.82. The van der Waals surface area contributed by atoms with Crippen molar-refractivity contribution in [2.45, 2.75) is 12.8 Å². The number of benzene rings is 2. The van der Waals surface area contributed by atoms with Crippen LogP contribution in [0.1, 0.15) is 12.3 Å². The number of aromatic nitrogens is 2. The molecule has 0 bridgehead atoms. The van der Waals surface area contributed by atoms with E-state index in [1.54, 1.807) is 32.4 Å². The average molecular weight is 383 g/mol. The second kappa shape index (κ2) is 8.90. The number of amides is 1. The topological polar surface area (TPSA) is 95.7 Å².